The lowest BCUT2D eigenvalue weighted by atomic mass is 10.1. The molecule has 3 rings (SSSR count). The molecule has 1 atom stereocenters. The lowest BCUT2D eigenvalue weighted by Gasteiger charge is -2.20. The van der Waals surface area contributed by atoms with Gasteiger partial charge in [-0.2, -0.15) is 11.3 Å². The molecule has 0 aliphatic heterocycles. The minimum atomic E-state index is -4.25. The van der Waals surface area contributed by atoms with E-state index < -0.39 is 13.4 Å². The third kappa shape index (κ3) is 2.81. The maximum absolute atomic E-state index is 11.7. The summed E-state index contributed by atoms with van der Waals surface area (Å²) in [5.41, 5.74) is 4.03. The maximum atomic E-state index is 11.7. The molecule has 1 aliphatic carbocycles. The summed E-state index contributed by atoms with van der Waals surface area (Å²) in [7, 11) is -4.25. The predicted octanol–water partition coefficient (Wildman–Crippen LogP) is 3.53. The number of aryl methyl sites for hydroxylation is 2. The first kappa shape index (κ1) is 13.8. The van der Waals surface area contributed by atoms with Gasteiger partial charge in [0.25, 0.3) is 0 Å². The van der Waals surface area contributed by atoms with Crippen LogP contribution >= 0.6 is 18.9 Å². The quantitative estimate of drug-likeness (QED) is 0.756. The second kappa shape index (κ2) is 5.34. The van der Waals surface area contributed by atoms with E-state index in [1.165, 1.54) is 22.5 Å². The van der Waals surface area contributed by atoms with E-state index in [0.717, 1.165) is 24.9 Å². The van der Waals surface area contributed by atoms with Gasteiger partial charge in [-0.05, 0) is 64.9 Å². The molecule has 1 heterocycles. The van der Waals surface area contributed by atoms with E-state index in [1.54, 1.807) is 11.4 Å². The van der Waals surface area contributed by atoms with Crippen molar-refractivity contribution in [2.24, 2.45) is 0 Å². The highest BCUT2D eigenvalue weighted by Crippen LogP contribution is 2.52. The van der Waals surface area contributed by atoms with E-state index in [-0.39, 0.29) is 0 Å². The fourth-order valence-corrected chi connectivity index (χ4v) is 4.26. The third-order valence-electron chi connectivity index (χ3n) is 3.60. The maximum Gasteiger partial charge on any atom is 0.352 e. The number of anilines is 1. The van der Waals surface area contributed by atoms with Crippen LogP contribution in [0.4, 0.5) is 5.69 Å². The van der Waals surface area contributed by atoms with Crippen molar-refractivity contribution in [2.75, 3.05) is 5.32 Å². The molecule has 1 aromatic carbocycles. The molecule has 0 spiro atoms. The molecule has 0 saturated heterocycles. The standard InChI is InChI=1S/C14H16NO3PS/c16-19(17,18)14(12-6-7-20-9-12)15-13-5-4-10-2-1-3-11(10)8-13/h4-9,14-15H,1-3H2,(H2,16,17,18)/t14-/m1/s1. The first-order valence-electron chi connectivity index (χ1n) is 6.50. The number of hydrogen-bond donors (Lipinski definition) is 3. The van der Waals surface area contributed by atoms with E-state index in [9.17, 15) is 14.4 Å². The summed E-state index contributed by atoms with van der Waals surface area (Å²) < 4.78 is 11.7. The number of rotatable bonds is 4. The topological polar surface area (TPSA) is 69.6 Å². The van der Waals surface area contributed by atoms with Gasteiger partial charge in [0.15, 0.2) is 5.78 Å². The summed E-state index contributed by atoms with van der Waals surface area (Å²) in [5.74, 6) is -0.979. The molecule has 3 N–H and O–H groups in total. The first-order valence-corrected chi connectivity index (χ1v) is 9.12. The Morgan fingerprint density at radius 3 is 2.70 bits per heavy atom. The third-order valence-corrected chi connectivity index (χ3v) is 5.40. The molecule has 4 nitrogen and oxygen atoms in total. The molecule has 2 aromatic rings. The number of benzene rings is 1. The highest BCUT2D eigenvalue weighted by atomic mass is 32.1. The Morgan fingerprint density at radius 2 is 2.00 bits per heavy atom. The summed E-state index contributed by atoms with van der Waals surface area (Å²) in [6, 6.07) is 7.71. The summed E-state index contributed by atoms with van der Waals surface area (Å²) in [5, 5.41) is 6.58. The molecule has 6 heteroatoms. The average molecular weight is 309 g/mol. The van der Waals surface area contributed by atoms with E-state index in [1.807, 2.05) is 17.5 Å². The Labute approximate surface area is 121 Å². The molecular weight excluding hydrogens is 293 g/mol. The second-order valence-electron chi connectivity index (χ2n) is 5.03. The fourth-order valence-electron chi connectivity index (χ4n) is 2.61. The van der Waals surface area contributed by atoms with Crippen LogP contribution in [-0.2, 0) is 17.4 Å². The number of fused-ring (bicyclic) bond motifs is 1. The Bertz CT molecular complexity index is 650. The molecule has 0 amide bonds. The highest BCUT2D eigenvalue weighted by molar-refractivity contribution is 7.52. The van der Waals surface area contributed by atoms with Crippen molar-refractivity contribution in [1.29, 1.82) is 0 Å². The molecule has 0 bridgehead atoms. The van der Waals surface area contributed by atoms with Crippen LogP contribution in [0.1, 0.15) is 28.9 Å². The van der Waals surface area contributed by atoms with Gasteiger partial charge in [-0.1, -0.05) is 6.07 Å². The van der Waals surface area contributed by atoms with Gasteiger partial charge in [-0.25, -0.2) is 0 Å². The molecule has 0 fully saturated rings. The molecule has 1 aliphatic rings. The Balaban J connectivity index is 1.89. The van der Waals surface area contributed by atoms with Crippen LogP contribution in [0, 0.1) is 0 Å². The Morgan fingerprint density at radius 1 is 1.20 bits per heavy atom. The van der Waals surface area contributed by atoms with Crippen molar-refractivity contribution in [3.63, 3.8) is 0 Å². The molecule has 20 heavy (non-hydrogen) atoms. The van der Waals surface area contributed by atoms with Gasteiger partial charge < -0.3 is 15.1 Å². The van der Waals surface area contributed by atoms with E-state index in [0.29, 0.717) is 5.56 Å². The van der Waals surface area contributed by atoms with Gasteiger partial charge in [-0.15, -0.1) is 0 Å². The zero-order valence-electron chi connectivity index (χ0n) is 10.8. The van der Waals surface area contributed by atoms with Crippen LogP contribution in [0.25, 0.3) is 0 Å². The minimum absolute atomic E-state index is 0.629. The van der Waals surface area contributed by atoms with E-state index >= 15 is 0 Å². The van der Waals surface area contributed by atoms with Crippen molar-refractivity contribution < 1.29 is 14.4 Å². The molecule has 106 valence electrons. The van der Waals surface area contributed by atoms with E-state index in [2.05, 4.69) is 11.4 Å². The van der Waals surface area contributed by atoms with Crippen LogP contribution in [0.2, 0.25) is 0 Å². The summed E-state index contributed by atoms with van der Waals surface area (Å²) in [6.07, 6.45) is 3.30. The van der Waals surface area contributed by atoms with Crippen LogP contribution in [-0.4, -0.2) is 9.79 Å². The van der Waals surface area contributed by atoms with Gasteiger partial charge in [-0.3, -0.25) is 4.57 Å². The Kier molecular flexibility index (Phi) is 3.69. The van der Waals surface area contributed by atoms with Gasteiger partial charge in [0.1, 0.15) is 0 Å². The fraction of sp³-hybridized carbons (Fsp3) is 0.286. The van der Waals surface area contributed by atoms with Crippen molar-refractivity contribution in [1.82, 2.24) is 0 Å². The summed E-state index contributed by atoms with van der Waals surface area (Å²) >= 11 is 1.43. The molecule has 1 aromatic heterocycles. The van der Waals surface area contributed by atoms with Crippen LogP contribution in [0.3, 0.4) is 0 Å². The van der Waals surface area contributed by atoms with Crippen molar-refractivity contribution in [3.05, 3.63) is 51.7 Å². The smallest absolute Gasteiger partial charge is 0.352 e. The van der Waals surface area contributed by atoms with Gasteiger partial charge in [0.05, 0.1) is 0 Å². The van der Waals surface area contributed by atoms with Gasteiger partial charge in [0.2, 0.25) is 0 Å². The zero-order chi connectivity index (χ0) is 14.2. The highest BCUT2D eigenvalue weighted by Gasteiger charge is 2.31. The minimum Gasteiger partial charge on any atom is -0.368 e. The summed E-state index contributed by atoms with van der Waals surface area (Å²) in [6.45, 7) is 0. The number of nitrogens with one attached hydrogen (secondary N) is 1. The Hall–Kier alpha value is -1.13. The average Bonchev–Trinajstić information content (AvgIpc) is 3.05. The lowest BCUT2D eigenvalue weighted by molar-refractivity contribution is 0.363. The molecule has 0 radical (unpaired) electrons. The van der Waals surface area contributed by atoms with Crippen LogP contribution in [0.5, 0.6) is 0 Å². The first-order chi connectivity index (χ1) is 9.54. The normalized spacial score (nSPS) is 15.9. The van der Waals surface area contributed by atoms with Crippen LogP contribution < -0.4 is 5.32 Å². The predicted molar refractivity (Wildman–Crippen MR) is 81.2 cm³/mol. The number of thiophene rings is 1. The monoisotopic (exact) mass is 309 g/mol. The second-order valence-corrected chi connectivity index (χ2v) is 7.50. The van der Waals surface area contributed by atoms with Gasteiger partial charge >= 0.3 is 7.60 Å². The molecule has 0 saturated carbocycles. The largest absolute Gasteiger partial charge is 0.368 e. The van der Waals surface area contributed by atoms with E-state index in [4.69, 9.17) is 0 Å². The molecular formula is C14H16NO3PS. The van der Waals surface area contributed by atoms with Crippen molar-refractivity contribution >= 4 is 24.6 Å². The van der Waals surface area contributed by atoms with Crippen molar-refractivity contribution in [3.8, 4) is 0 Å². The number of hydrogen-bond acceptors (Lipinski definition) is 3. The summed E-state index contributed by atoms with van der Waals surface area (Å²) in [4.78, 5) is 19.1. The lowest BCUT2D eigenvalue weighted by Crippen LogP contribution is -2.10. The van der Waals surface area contributed by atoms with Crippen molar-refractivity contribution in [2.45, 2.75) is 25.0 Å². The van der Waals surface area contributed by atoms with Crippen LogP contribution in [0.15, 0.2) is 35.0 Å². The van der Waals surface area contributed by atoms with Gasteiger partial charge in [0, 0.05) is 5.69 Å². The molecule has 0 unspecified atom stereocenters. The SMILES string of the molecule is O=P(O)(O)[C@@H](Nc1ccc2c(c1)CCC2)c1ccsc1. The zero-order valence-corrected chi connectivity index (χ0v) is 12.5.